The van der Waals surface area contributed by atoms with Gasteiger partial charge in [-0.2, -0.15) is 13.2 Å². The number of ether oxygens (including phenoxy) is 1. The number of esters is 1. The number of allylic oxidation sites excluding steroid dienone is 1. The van der Waals surface area contributed by atoms with Crippen LogP contribution in [0, 0.1) is 6.92 Å². The van der Waals surface area contributed by atoms with E-state index < -0.39 is 35.0 Å². The number of hydrogen-bond donors (Lipinski definition) is 0. The maximum atomic E-state index is 14.3. The lowest BCUT2D eigenvalue weighted by molar-refractivity contribution is -0.140. The van der Waals surface area contributed by atoms with Crippen molar-refractivity contribution in [2.24, 2.45) is 4.99 Å². The minimum atomic E-state index is -4.97. The van der Waals surface area contributed by atoms with Crippen LogP contribution < -0.4 is 14.9 Å². The Labute approximate surface area is 236 Å². The van der Waals surface area contributed by atoms with E-state index in [1.54, 1.807) is 6.08 Å². The summed E-state index contributed by atoms with van der Waals surface area (Å²) < 4.78 is 51.5. The third kappa shape index (κ3) is 4.69. The van der Waals surface area contributed by atoms with Gasteiger partial charge in [-0.25, -0.2) is 9.79 Å². The van der Waals surface area contributed by atoms with E-state index >= 15 is 0 Å². The Kier molecular flexibility index (Phi) is 7.26. The number of halogens is 4. The molecule has 0 saturated heterocycles. The highest BCUT2D eigenvalue weighted by molar-refractivity contribution is 7.07. The third-order valence-corrected chi connectivity index (χ3v) is 8.01. The van der Waals surface area contributed by atoms with E-state index in [4.69, 9.17) is 16.3 Å². The van der Waals surface area contributed by atoms with Gasteiger partial charge in [-0.15, -0.1) is 0 Å². The number of carbonyl (C=O) groups excluding carboxylic acids is 1. The molecule has 0 N–H and O–H groups in total. The molecule has 0 fully saturated rings. The molecule has 1 aliphatic heterocycles. The lowest BCUT2D eigenvalue weighted by Crippen LogP contribution is -2.41. The van der Waals surface area contributed by atoms with Crippen LogP contribution in [0.1, 0.15) is 49.7 Å². The largest absolute Gasteiger partial charge is 0.463 e. The van der Waals surface area contributed by atoms with Gasteiger partial charge in [-0.05, 0) is 57.5 Å². The van der Waals surface area contributed by atoms with Gasteiger partial charge in [0.15, 0.2) is 10.5 Å². The van der Waals surface area contributed by atoms with Crippen molar-refractivity contribution in [3.63, 3.8) is 0 Å². The molecule has 0 aliphatic carbocycles. The van der Waals surface area contributed by atoms with Crippen molar-refractivity contribution in [3.8, 4) is 0 Å². The number of hydrogen-bond acceptors (Lipinski definition) is 5. The van der Waals surface area contributed by atoms with Gasteiger partial charge < -0.3 is 9.30 Å². The zero-order chi connectivity index (χ0) is 28.9. The molecule has 6 nitrogen and oxygen atoms in total. The first kappa shape index (κ1) is 27.9. The summed E-state index contributed by atoms with van der Waals surface area (Å²) in [6.45, 7) is 7.40. The van der Waals surface area contributed by atoms with E-state index in [9.17, 15) is 22.8 Å². The second-order valence-electron chi connectivity index (χ2n) is 9.59. The highest BCUT2D eigenvalue weighted by atomic mass is 35.5. The van der Waals surface area contributed by atoms with Gasteiger partial charge in [0.25, 0.3) is 5.56 Å². The summed E-state index contributed by atoms with van der Waals surface area (Å²) in [5.74, 6) is -1.19. The second kappa shape index (κ2) is 10.4. The van der Waals surface area contributed by atoms with E-state index in [2.05, 4.69) is 23.4 Å². The highest BCUT2D eigenvalue weighted by Crippen LogP contribution is 2.38. The van der Waals surface area contributed by atoms with Crippen LogP contribution in [0.2, 0.25) is 5.02 Å². The Bertz CT molecular complexity index is 1850. The van der Waals surface area contributed by atoms with E-state index in [0.29, 0.717) is 5.02 Å². The van der Waals surface area contributed by atoms with Gasteiger partial charge in [0.05, 0.1) is 22.8 Å². The lowest BCUT2D eigenvalue weighted by atomic mass is 9.95. The van der Waals surface area contributed by atoms with Crippen LogP contribution in [0.15, 0.2) is 69.6 Å². The molecule has 0 amide bonds. The van der Waals surface area contributed by atoms with Crippen molar-refractivity contribution in [1.82, 2.24) is 9.13 Å². The average molecular weight is 588 g/mol. The highest BCUT2D eigenvalue weighted by Gasteiger charge is 2.45. The Hall–Kier alpha value is -3.63. The smallest absolute Gasteiger partial charge is 0.434 e. The summed E-state index contributed by atoms with van der Waals surface area (Å²) in [6.07, 6.45) is -3.27. The van der Waals surface area contributed by atoms with Gasteiger partial charge >= 0.3 is 12.1 Å². The van der Waals surface area contributed by atoms with Gasteiger partial charge in [0.2, 0.25) is 0 Å². The van der Waals surface area contributed by atoms with Gasteiger partial charge in [-0.3, -0.25) is 9.36 Å². The zero-order valence-electron chi connectivity index (χ0n) is 22.0. The number of thiazole rings is 1. The molecule has 2 aromatic heterocycles. The number of nitrogens with zero attached hydrogens (tertiary/aromatic N) is 3. The molecule has 2 aromatic carbocycles. The van der Waals surface area contributed by atoms with Crippen LogP contribution in [0.4, 0.5) is 13.2 Å². The van der Waals surface area contributed by atoms with Crippen LogP contribution in [-0.2, 0) is 9.53 Å². The molecule has 0 bridgehead atoms. The molecule has 11 heteroatoms. The van der Waals surface area contributed by atoms with Crippen LogP contribution in [0.5, 0.6) is 0 Å². The minimum Gasteiger partial charge on any atom is -0.463 e. The molecule has 0 spiro atoms. The molecule has 40 heavy (non-hydrogen) atoms. The monoisotopic (exact) mass is 587 g/mol. The zero-order valence-corrected chi connectivity index (χ0v) is 23.6. The van der Waals surface area contributed by atoms with Crippen LogP contribution in [0.25, 0.3) is 17.0 Å². The van der Waals surface area contributed by atoms with Crippen molar-refractivity contribution in [2.45, 2.75) is 46.0 Å². The fraction of sp³-hybridized carbons (Fsp3) is 0.276. The molecule has 0 radical (unpaired) electrons. The predicted molar refractivity (Wildman–Crippen MR) is 149 cm³/mol. The maximum Gasteiger partial charge on any atom is 0.434 e. The molecule has 5 rings (SSSR count). The molecule has 1 aliphatic rings. The molecule has 0 saturated carbocycles. The summed E-state index contributed by atoms with van der Waals surface area (Å²) in [5.41, 5.74) is 0.265. The number of fused-ring (bicyclic) bond motifs is 2. The minimum absolute atomic E-state index is 0.139. The van der Waals surface area contributed by atoms with E-state index in [0.717, 1.165) is 38.1 Å². The van der Waals surface area contributed by atoms with Gasteiger partial charge in [0.1, 0.15) is 0 Å². The lowest BCUT2D eigenvalue weighted by Gasteiger charge is -2.26. The summed E-state index contributed by atoms with van der Waals surface area (Å²) in [7, 11) is 0. The fourth-order valence-corrected chi connectivity index (χ4v) is 6.31. The number of alkyl halides is 3. The average Bonchev–Trinajstić information content (AvgIpc) is 3.36. The van der Waals surface area contributed by atoms with Crippen LogP contribution in [0.3, 0.4) is 0 Å². The quantitative estimate of drug-likeness (QED) is 0.276. The molecule has 0 unspecified atom stereocenters. The number of aromatic nitrogens is 2. The normalized spacial score (nSPS) is 16.0. The Morgan fingerprint density at radius 3 is 2.48 bits per heavy atom. The third-order valence-electron chi connectivity index (χ3n) is 6.78. The van der Waals surface area contributed by atoms with Crippen LogP contribution >= 0.6 is 22.9 Å². The molecule has 1 atom stereocenters. The number of benzene rings is 2. The number of rotatable bonds is 5. The topological polar surface area (TPSA) is 65.6 Å². The first-order valence-corrected chi connectivity index (χ1v) is 13.8. The molecule has 4 aromatic rings. The Morgan fingerprint density at radius 2 is 1.85 bits per heavy atom. The van der Waals surface area contributed by atoms with E-state index in [1.165, 1.54) is 31.2 Å². The van der Waals surface area contributed by atoms with Crippen LogP contribution in [-0.4, -0.2) is 27.9 Å². The molecule has 3 heterocycles. The standard InChI is InChI=1S/C29H25ClF3N3O3S/c1-5-39-27(38)23-24(17-10-12-18(30)13-11-17)36-26(37)22(40-28(36)34-25(23)29(31,32)33)14-20-16(4)35(15(2)3)21-9-7-6-8-19(20)21/h6-15,24H,5H2,1-4H3/b22-14-/t24-/m0/s1. The summed E-state index contributed by atoms with van der Waals surface area (Å²) in [5, 5.41) is 1.27. The van der Waals surface area contributed by atoms with Crippen molar-refractivity contribution >= 4 is 45.9 Å². The second-order valence-corrected chi connectivity index (χ2v) is 11.0. The predicted octanol–water partition coefficient (Wildman–Crippen LogP) is 5.84. The SMILES string of the molecule is CCOC(=O)C1=C(C(F)(F)F)N=c2s/c(=C\c3c(C)n(C(C)C)c4ccccc34)c(=O)n2[C@H]1c1ccc(Cl)cc1. The summed E-state index contributed by atoms with van der Waals surface area (Å²) >= 11 is 6.88. The number of para-hydroxylation sites is 1. The molecule has 208 valence electrons. The summed E-state index contributed by atoms with van der Waals surface area (Å²) in [6, 6.07) is 12.5. The van der Waals surface area contributed by atoms with Gasteiger partial charge in [0, 0.05) is 33.2 Å². The van der Waals surface area contributed by atoms with Crippen molar-refractivity contribution in [1.29, 1.82) is 0 Å². The van der Waals surface area contributed by atoms with Crippen molar-refractivity contribution in [2.75, 3.05) is 6.61 Å². The Balaban J connectivity index is 1.84. The maximum absolute atomic E-state index is 14.3. The molecular formula is C29H25ClF3N3O3S. The fourth-order valence-electron chi connectivity index (χ4n) is 5.20. The Morgan fingerprint density at radius 1 is 1.18 bits per heavy atom. The van der Waals surface area contributed by atoms with E-state index in [-0.39, 0.29) is 27.5 Å². The van der Waals surface area contributed by atoms with Crippen molar-refractivity contribution in [3.05, 3.63) is 101 Å². The first-order valence-electron chi connectivity index (χ1n) is 12.6. The van der Waals surface area contributed by atoms with E-state index in [1.807, 2.05) is 31.2 Å². The molecular weight excluding hydrogens is 563 g/mol. The first-order chi connectivity index (χ1) is 18.9. The summed E-state index contributed by atoms with van der Waals surface area (Å²) in [4.78, 5) is 30.6. The van der Waals surface area contributed by atoms with Gasteiger partial charge in [-0.1, -0.05) is 53.3 Å². The van der Waals surface area contributed by atoms with Crippen molar-refractivity contribution < 1.29 is 22.7 Å². The number of carbonyl (C=O) groups is 1.